The van der Waals surface area contributed by atoms with E-state index in [2.05, 4.69) is 23.4 Å². The summed E-state index contributed by atoms with van der Waals surface area (Å²) >= 11 is 0. The number of hydrogen-bond acceptors (Lipinski definition) is 8. The van der Waals surface area contributed by atoms with Gasteiger partial charge in [0, 0.05) is 12.1 Å². The van der Waals surface area contributed by atoms with Crippen LogP contribution < -0.4 is 11.2 Å². The summed E-state index contributed by atoms with van der Waals surface area (Å²) in [5, 5.41) is 0. The van der Waals surface area contributed by atoms with Crippen molar-refractivity contribution in [3.63, 3.8) is 0 Å². The molecule has 1 aromatic heterocycles. The van der Waals surface area contributed by atoms with Crippen molar-refractivity contribution in [1.82, 2.24) is 14.2 Å². The van der Waals surface area contributed by atoms with Crippen LogP contribution in [0.2, 0.25) is 0 Å². The Balaban J connectivity index is 0.000000482. The van der Waals surface area contributed by atoms with Gasteiger partial charge in [-0.05, 0) is 41.5 Å². The quantitative estimate of drug-likeness (QED) is 0.0779. The van der Waals surface area contributed by atoms with Gasteiger partial charge in [-0.15, -0.1) is 0 Å². The van der Waals surface area contributed by atoms with Gasteiger partial charge < -0.3 is 28.1 Å². The zero-order valence-electron chi connectivity index (χ0n) is 30.7. The number of halogens is 1. The molecule has 0 bridgehead atoms. The highest BCUT2D eigenvalue weighted by molar-refractivity contribution is 7.44. The smallest absolute Gasteiger partial charge is 0.330 e. The van der Waals surface area contributed by atoms with Gasteiger partial charge in [-0.3, -0.25) is 14.3 Å². The van der Waals surface area contributed by atoms with E-state index in [0.717, 1.165) is 10.8 Å². The largest absolute Gasteiger partial charge is 0.346 e. The molecule has 0 saturated carbocycles. The summed E-state index contributed by atoms with van der Waals surface area (Å²) in [6.07, 6.45) is 15.2. The van der Waals surface area contributed by atoms with E-state index in [-0.39, 0.29) is 31.8 Å². The summed E-state index contributed by atoms with van der Waals surface area (Å²) in [6.45, 7) is 23.6. The molecule has 1 N–H and O–H groups in total. The molecule has 13 heteroatoms. The highest BCUT2D eigenvalue weighted by Crippen LogP contribution is 2.48. The molecule has 3 heterocycles. The Morgan fingerprint density at radius 1 is 0.938 bits per heavy atom. The zero-order chi connectivity index (χ0) is 35.7. The molecule has 2 saturated heterocycles. The standard InChI is InChI=1S/C21H32FN4O7P.C14H30/c1-12(2)26(13(3)4)34(29-9-8-23-7)30-11-15-16-17(33-21(5,6)32-16)19(31-15)25-10-14(22)18(27)24-20(25)28;1-3-5-7-9-11-13-14-12-10-8-6-4-2/h10,12-13,15-17,19H,8-9,11H2,1-6H3,(H,24,27,28);3-14H2,1-2H3/t15-,16+,17?,19-,34?;/m1./s1. The van der Waals surface area contributed by atoms with Gasteiger partial charge in [-0.2, -0.15) is 4.39 Å². The number of rotatable bonds is 21. The first-order chi connectivity index (χ1) is 22.9. The number of hydrogen-bond donors (Lipinski definition) is 1. The molecule has 1 aromatic rings. The molecule has 0 aromatic carbocycles. The van der Waals surface area contributed by atoms with E-state index < -0.39 is 55.9 Å². The molecule has 276 valence electrons. The number of ether oxygens (including phenoxy) is 3. The summed E-state index contributed by atoms with van der Waals surface area (Å²) in [4.78, 5) is 29.1. The molecule has 48 heavy (non-hydrogen) atoms. The number of fused-ring (bicyclic) bond motifs is 1. The number of nitrogens with zero attached hydrogens (tertiary/aromatic N) is 3. The lowest BCUT2D eigenvalue weighted by Crippen LogP contribution is -2.38. The van der Waals surface area contributed by atoms with Crippen molar-refractivity contribution in [2.45, 2.75) is 175 Å². The topological polar surface area (TPSA) is 109 Å². The summed E-state index contributed by atoms with van der Waals surface area (Å²) in [6, 6.07) is 0.244. The van der Waals surface area contributed by atoms with Crippen molar-refractivity contribution in [1.29, 1.82) is 0 Å². The lowest BCUT2D eigenvalue weighted by Gasteiger charge is -2.36. The van der Waals surface area contributed by atoms with E-state index in [1.807, 2.05) is 32.7 Å². The minimum Gasteiger partial charge on any atom is -0.346 e. The first-order valence-corrected chi connectivity index (χ1v) is 19.2. The van der Waals surface area contributed by atoms with Gasteiger partial charge >= 0.3 is 5.69 Å². The van der Waals surface area contributed by atoms with Crippen molar-refractivity contribution >= 4 is 8.53 Å². The molecule has 2 fully saturated rings. The molecule has 11 nitrogen and oxygen atoms in total. The first kappa shape index (κ1) is 42.5. The third kappa shape index (κ3) is 13.9. The van der Waals surface area contributed by atoms with Crippen molar-refractivity contribution in [3.8, 4) is 0 Å². The number of nitrogens with one attached hydrogen (secondary N) is 1. The average molecular weight is 701 g/mol. The van der Waals surface area contributed by atoms with Crippen LogP contribution in [-0.4, -0.2) is 70.2 Å². The van der Waals surface area contributed by atoms with Crippen LogP contribution in [0.3, 0.4) is 0 Å². The van der Waals surface area contributed by atoms with Gasteiger partial charge in [0.2, 0.25) is 12.4 Å². The van der Waals surface area contributed by atoms with Crippen LogP contribution >= 0.6 is 8.53 Å². The highest BCUT2D eigenvalue weighted by atomic mass is 31.2. The fourth-order valence-corrected chi connectivity index (χ4v) is 7.63. The number of aromatic amines is 1. The maximum Gasteiger partial charge on any atom is 0.330 e. The molecule has 3 rings (SSSR count). The Bertz CT molecular complexity index is 1180. The monoisotopic (exact) mass is 700 g/mol. The van der Waals surface area contributed by atoms with Crippen molar-refractivity contribution in [2.75, 3.05) is 19.8 Å². The molecule has 2 unspecified atom stereocenters. The SMILES string of the molecule is CCCCCCCCCCCCCC.[C-]#[N+]CCOP(OC[C@H]1O[C@@H](n2cc(F)c(=O)[nH]c2=O)C2OC(C)(C)O[C@H]21)N(C(C)C)C(C)C. The van der Waals surface area contributed by atoms with E-state index in [0.29, 0.717) is 0 Å². The van der Waals surface area contributed by atoms with Gasteiger partial charge in [0.05, 0.1) is 12.8 Å². The highest BCUT2D eigenvalue weighted by Gasteiger charge is 2.56. The minimum atomic E-state index is -1.52. The molecule has 2 aliphatic heterocycles. The Kier molecular flexibility index (Phi) is 19.6. The zero-order valence-corrected chi connectivity index (χ0v) is 31.6. The minimum absolute atomic E-state index is 0.0529. The fraction of sp³-hybridized carbons (Fsp3) is 0.857. The predicted octanol–water partition coefficient (Wildman–Crippen LogP) is 8.10. The van der Waals surface area contributed by atoms with E-state index in [9.17, 15) is 14.0 Å². The van der Waals surface area contributed by atoms with Crippen LogP contribution in [0.5, 0.6) is 0 Å². The molecular weight excluding hydrogens is 638 g/mol. The van der Waals surface area contributed by atoms with E-state index >= 15 is 0 Å². The summed E-state index contributed by atoms with van der Waals surface area (Å²) < 4.78 is 47.1. The summed E-state index contributed by atoms with van der Waals surface area (Å²) in [5.74, 6) is -2.07. The van der Waals surface area contributed by atoms with Gasteiger partial charge in [0.25, 0.3) is 14.1 Å². The van der Waals surface area contributed by atoms with E-state index in [1.165, 1.54) is 77.0 Å². The molecule has 0 radical (unpaired) electrons. The van der Waals surface area contributed by atoms with E-state index in [4.69, 9.17) is 29.8 Å². The Morgan fingerprint density at radius 2 is 1.46 bits per heavy atom. The third-order valence-corrected chi connectivity index (χ3v) is 10.4. The van der Waals surface area contributed by atoms with Crippen LogP contribution in [-0.2, 0) is 23.3 Å². The second-order valence-electron chi connectivity index (χ2n) is 13.6. The maximum absolute atomic E-state index is 14.0. The van der Waals surface area contributed by atoms with Crippen LogP contribution in [0.1, 0.15) is 139 Å². The molecule has 0 aliphatic carbocycles. The molecule has 0 spiro atoms. The maximum atomic E-state index is 14.0. The predicted molar refractivity (Wildman–Crippen MR) is 188 cm³/mol. The van der Waals surface area contributed by atoms with Crippen molar-refractivity contribution < 1.29 is 27.6 Å². The second kappa shape index (κ2) is 22.2. The van der Waals surface area contributed by atoms with Crippen LogP contribution in [0.4, 0.5) is 4.39 Å². The summed E-state index contributed by atoms with van der Waals surface area (Å²) in [5.41, 5.74) is -1.93. The van der Waals surface area contributed by atoms with Gasteiger partial charge in [0.15, 0.2) is 12.0 Å². The molecular formula is C35H62FN4O7P. The summed E-state index contributed by atoms with van der Waals surface area (Å²) in [7, 11) is -1.52. The third-order valence-electron chi connectivity index (χ3n) is 8.28. The lowest BCUT2D eigenvalue weighted by molar-refractivity contribution is -0.200. The Labute approximate surface area is 289 Å². The van der Waals surface area contributed by atoms with Crippen molar-refractivity contribution in [2.24, 2.45) is 0 Å². The van der Waals surface area contributed by atoms with Crippen molar-refractivity contribution in [3.05, 3.63) is 44.3 Å². The number of aromatic nitrogens is 2. The second-order valence-corrected chi connectivity index (χ2v) is 15.1. The lowest BCUT2D eigenvalue weighted by atomic mass is 10.1. The number of H-pyrrole nitrogens is 1. The van der Waals surface area contributed by atoms with Crippen LogP contribution in [0, 0.1) is 12.4 Å². The Morgan fingerprint density at radius 3 is 1.96 bits per heavy atom. The van der Waals surface area contributed by atoms with E-state index in [1.54, 1.807) is 13.8 Å². The average Bonchev–Trinajstić information content (AvgIpc) is 3.51. The number of unbranched alkanes of at least 4 members (excludes halogenated alkanes) is 11. The molecule has 0 amide bonds. The Hall–Kier alpha value is -1.71. The van der Waals surface area contributed by atoms with Gasteiger partial charge in [0.1, 0.15) is 24.9 Å². The van der Waals surface area contributed by atoms with Gasteiger partial charge in [-0.25, -0.2) is 16.0 Å². The molecule has 2 aliphatic rings. The first-order valence-electron chi connectivity index (χ1n) is 18.1. The molecule has 5 atom stereocenters. The van der Waals surface area contributed by atoms with Crippen LogP contribution in [0.15, 0.2) is 15.8 Å². The van der Waals surface area contributed by atoms with Crippen LogP contribution in [0.25, 0.3) is 4.85 Å². The normalized spacial score (nSPS) is 22.1. The fourth-order valence-electron chi connectivity index (χ4n) is 6.03. The van der Waals surface area contributed by atoms with Gasteiger partial charge in [-0.1, -0.05) is 90.9 Å².